The Morgan fingerprint density at radius 1 is 1.36 bits per heavy atom. The summed E-state index contributed by atoms with van der Waals surface area (Å²) in [6, 6.07) is -0.107. The Bertz CT molecular complexity index is 195. The van der Waals surface area contributed by atoms with E-state index in [0.717, 1.165) is 25.7 Å². The van der Waals surface area contributed by atoms with Gasteiger partial charge in [0.15, 0.2) is 0 Å². The van der Waals surface area contributed by atoms with Crippen molar-refractivity contribution in [2.75, 3.05) is 0 Å². The van der Waals surface area contributed by atoms with Crippen LogP contribution < -0.4 is 10.6 Å². The van der Waals surface area contributed by atoms with E-state index in [9.17, 15) is 9.90 Å². The number of nitrogens with one attached hydrogen (secondary N) is 2. The fraction of sp³-hybridized carbons (Fsp3) is 0.900. The fourth-order valence-corrected chi connectivity index (χ4v) is 1.75. The van der Waals surface area contributed by atoms with Crippen LogP contribution >= 0.6 is 0 Å². The SMILES string of the molecule is CC(C)NC(=O)N[C@@H]1CCCC[C@H]1O. The Balaban J connectivity index is 2.31. The van der Waals surface area contributed by atoms with Gasteiger partial charge in [-0.1, -0.05) is 12.8 Å². The van der Waals surface area contributed by atoms with Crippen molar-refractivity contribution < 1.29 is 9.90 Å². The highest BCUT2D eigenvalue weighted by Gasteiger charge is 2.24. The lowest BCUT2D eigenvalue weighted by atomic mass is 9.93. The fourth-order valence-electron chi connectivity index (χ4n) is 1.75. The highest BCUT2D eigenvalue weighted by molar-refractivity contribution is 5.74. The Morgan fingerprint density at radius 3 is 2.57 bits per heavy atom. The molecule has 0 aromatic heterocycles. The molecular weight excluding hydrogens is 180 g/mol. The lowest BCUT2D eigenvalue weighted by molar-refractivity contribution is 0.0941. The van der Waals surface area contributed by atoms with E-state index in [1.807, 2.05) is 13.8 Å². The molecule has 4 nitrogen and oxygen atoms in total. The van der Waals surface area contributed by atoms with Gasteiger partial charge in [-0.3, -0.25) is 0 Å². The average Bonchev–Trinajstić information content (AvgIpc) is 2.07. The molecule has 3 N–H and O–H groups in total. The van der Waals surface area contributed by atoms with Gasteiger partial charge >= 0.3 is 6.03 Å². The number of urea groups is 1. The number of amides is 2. The first-order chi connectivity index (χ1) is 6.59. The third-order valence-corrected chi connectivity index (χ3v) is 2.47. The summed E-state index contributed by atoms with van der Waals surface area (Å²) in [5, 5.41) is 15.2. The van der Waals surface area contributed by atoms with Crippen LogP contribution in [0, 0.1) is 0 Å². The molecular formula is C10H20N2O2. The number of aliphatic hydroxyl groups excluding tert-OH is 1. The van der Waals surface area contributed by atoms with Gasteiger partial charge in [0.1, 0.15) is 0 Å². The number of hydrogen-bond acceptors (Lipinski definition) is 2. The molecule has 1 fully saturated rings. The van der Waals surface area contributed by atoms with Crippen LogP contribution in [0.2, 0.25) is 0 Å². The van der Waals surface area contributed by atoms with Crippen LogP contribution in [0.4, 0.5) is 4.79 Å². The van der Waals surface area contributed by atoms with Crippen LogP contribution in [0.15, 0.2) is 0 Å². The second kappa shape index (κ2) is 5.20. The van der Waals surface area contributed by atoms with Crippen LogP contribution in [-0.4, -0.2) is 29.3 Å². The van der Waals surface area contributed by atoms with Crippen LogP contribution in [0.3, 0.4) is 0 Å². The number of hydrogen-bond donors (Lipinski definition) is 3. The van der Waals surface area contributed by atoms with Gasteiger partial charge in [0.25, 0.3) is 0 Å². The van der Waals surface area contributed by atoms with Gasteiger partial charge in [-0.2, -0.15) is 0 Å². The monoisotopic (exact) mass is 200 g/mol. The van der Waals surface area contributed by atoms with E-state index in [1.165, 1.54) is 0 Å². The summed E-state index contributed by atoms with van der Waals surface area (Å²) in [6.45, 7) is 3.83. The normalized spacial score (nSPS) is 27.4. The number of carbonyl (C=O) groups excluding carboxylic acids is 1. The Kier molecular flexibility index (Phi) is 4.20. The molecule has 0 radical (unpaired) electrons. The minimum Gasteiger partial charge on any atom is -0.391 e. The van der Waals surface area contributed by atoms with E-state index >= 15 is 0 Å². The summed E-state index contributed by atoms with van der Waals surface area (Å²) in [4.78, 5) is 11.3. The summed E-state index contributed by atoms with van der Waals surface area (Å²) in [5.41, 5.74) is 0. The molecule has 0 aromatic carbocycles. The molecule has 0 aromatic rings. The lowest BCUT2D eigenvalue weighted by Crippen LogP contribution is -2.50. The smallest absolute Gasteiger partial charge is 0.315 e. The molecule has 1 aliphatic rings. The van der Waals surface area contributed by atoms with E-state index in [-0.39, 0.29) is 24.2 Å². The van der Waals surface area contributed by atoms with Crippen LogP contribution in [0.5, 0.6) is 0 Å². The van der Waals surface area contributed by atoms with E-state index in [2.05, 4.69) is 10.6 Å². The van der Waals surface area contributed by atoms with E-state index in [4.69, 9.17) is 0 Å². The molecule has 2 amide bonds. The average molecular weight is 200 g/mol. The molecule has 82 valence electrons. The van der Waals surface area contributed by atoms with Crippen molar-refractivity contribution in [3.63, 3.8) is 0 Å². The Morgan fingerprint density at radius 2 is 2.00 bits per heavy atom. The van der Waals surface area contributed by atoms with Crippen molar-refractivity contribution >= 4 is 6.03 Å². The summed E-state index contributed by atoms with van der Waals surface area (Å²) in [6.07, 6.45) is 3.45. The molecule has 0 heterocycles. The maximum absolute atomic E-state index is 11.3. The molecule has 0 aliphatic heterocycles. The van der Waals surface area contributed by atoms with Gasteiger partial charge in [0.05, 0.1) is 12.1 Å². The van der Waals surface area contributed by atoms with Crippen molar-refractivity contribution in [2.45, 2.75) is 57.7 Å². The molecule has 0 saturated heterocycles. The van der Waals surface area contributed by atoms with Gasteiger partial charge in [-0.05, 0) is 26.7 Å². The zero-order valence-electron chi connectivity index (χ0n) is 8.92. The molecule has 0 bridgehead atoms. The highest BCUT2D eigenvalue weighted by atomic mass is 16.3. The Labute approximate surface area is 85.1 Å². The highest BCUT2D eigenvalue weighted by Crippen LogP contribution is 2.18. The van der Waals surface area contributed by atoms with Gasteiger partial charge in [0.2, 0.25) is 0 Å². The first kappa shape index (κ1) is 11.3. The maximum atomic E-state index is 11.3. The van der Waals surface area contributed by atoms with Crippen molar-refractivity contribution in [3.8, 4) is 0 Å². The van der Waals surface area contributed by atoms with Gasteiger partial charge in [-0.25, -0.2) is 4.79 Å². The number of aliphatic hydroxyl groups is 1. The molecule has 1 aliphatic carbocycles. The number of rotatable bonds is 2. The van der Waals surface area contributed by atoms with Crippen molar-refractivity contribution in [3.05, 3.63) is 0 Å². The van der Waals surface area contributed by atoms with E-state index < -0.39 is 0 Å². The summed E-state index contributed by atoms with van der Waals surface area (Å²) < 4.78 is 0. The van der Waals surface area contributed by atoms with Gasteiger partial charge < -0.3 is 15.7 Å². The Hall–Kier alpha value is -0.770. The molecule has 4 heteroatoms. The predicted molar refractivity (Wildman–Crippen MR) is 55.1 cm³/mol. The maximum Gasteiger partial charge on any atom is 0.315 e. The summed E-state index contributed by atoms with van der Waals surface area (Å²) >= 11 is 0. The molecule has 0 unspecified atom stereocenters. The van der Waals surface area contributed by atoms with E-state index in [0.29, 0.717) is 0 Å². The van der Waals surface area contributed by atoms with Gasteiger partial charge in [-0.15, -0.1) is 0 Å². The van der Waals surface area contributed by atoms with Crippen molar-refractivity contribution in [1.82, 2.24) is 10.6 Å². The lowest BCUT2D eigenvalue weighted by Gasteiger charge is -2.28. The zero-order valence-corrected chi connectivity index (χ0v) is 8.92. The molecule has 0 spiro atoms. The summed E-state index contributed by atoms with van der Waals surface area (Å²) in [7, 11) is 0. The molecule has 2 atom stereocenters. The first-order valence-corrected chi connectivity index (χ1v) is 5.34. The molecule has 14 heavy (non-hydrogen) atoms. The van der Waals surface area contributed by atoms with Gasteiger partial charge in [0, 0.05) is 6.04 Å². The minimum absolute atomic E-state index is 0.0671. The van der Waals surface area contributed by atoms with Crippen LogP contribution in [0.1, 0.15) is 39.5 Å². The van der Waals surface area contributed by atoms with Crippen LogP contribution in [-0.2, 0) is 0 Å². The number of carbonyl (C=O) groups is 1. The third-order valence-electron chi connectivity index (χ3n) is 2.47. The minimum atomic E-state index is -0.373. The van der Waals surface area contributed by atoms with Crippen molar-refractivity contribution in [2.24, 2.45) is 0 Å². The first-order valence-electron chi connectivity index (χ1n) is 5.34. The van der Waals surface area contributed by atoms with Crippen molar-refractivity contribution in [1.29, 1.82) is 0 Å². The summed E-state index contributed by atoms with van der Waals surface area (Å²) in [5.74, 6) is 0. The predicted octanol–water partition coefficient (Wildman–Crippen LogP) is 0.998. The zero-order chi connectivity index (χ0) is 10.6. The quantitative estimate of drug-likeness (QED) is 0.622. The second-order valence-corrected chi connectivity index (χ2v) is 4.23. The van der Waals surface area contributed by atoms with E-state index in [1.54, 1.807) is 0 Å². The molecule has 1 saturated carbocycles. The molecule has 1 rings (SSSR count). The largest absolute Gasteiger partial charge is 0.391 e. The van der Waals surface area contributed by atoms with Crippen LogP contribution in [0.25, 0.3) is 0 Å². The second-order valence-electron chi connectivity index (χ2n) is 4.23. The third kappa shape index (κ3) is 3.54. The standard InChI is InChI=1S/C10H20N2O2/c1-7(2)11-10(14)12-8-5-3-4-6-9(8)13/h7-9,13H,3-6H2,1-2H3,(H2,11,12,14)/t8-,9-/m1/s1. The topological polar surface area (TPSA) is 61.4 Å².